The van der Waals surface area contributed by atoms with Crippen LogP contribution in [0.3, 0.4) is 0 Å². The van der Waals surface area contributed by atoms with Gasteiger partial charge in [0, 0.05) is 17.6 Å². The van der Waals surface area contributed by atoms with Gasteiger partial charge in [0.2, 0.25) is 5.91 Å². The number of carbonyl (C=O) groups is 1. The Morgan fingerprint density at radius 2 is 2.07 bits per heavy atom. The van der Waals surface area contributed by atoms with Crippen LogP contribution in [0.4, 0.5) is 0 Å². The summed E-state index contributed by atoms with van der Waals surface area (Å²) in [5.41, 5.74) is 0.895. The molecule has 0 bridgehead atoms. The lowest BCUT2D eigenvalue weighted by molar-refractivity contribution is -0.119. The molecule has 0 saturated heterocycles. The number of nitrogens with zero attached hydrogens (tertiary/aromatic N) is 3. The second-order valence-electron chi connectivity index (χ2n) is 7.14. The third kappa shape index (κ3) is 5.05. The molecule has 3 rings (SSSR count). The van der Waals surface area contributed by atoms with Crippen molar-refractivity contribution >= 4 is 29.3 Å². The zero-order chi connectivity index (χ0) is 19.2. The normalized spacial score (nSPS) is 15.8. The van der Waals surface area contributed by atoms with Gasteiger partial charge in [0.05, 0.1) is 10.8 Å². The van der Waals surface area contributed by atoms with Crippen molar-refractivity contribution in [1.82, 2.24) is 20.1 Å². The molecular formula is C20H27ClN4OS. The fourth-order valence-electron chi connectivity index (χ4n) is 3.65. The molecule has 0 spiro atoms. The molecule has 1 heterocycles. The van der Waals surface area contributed by atoms with Crippen molar-refractivity contribution in [1.29, 1.82) is 0 Å². The molecule has 0 radical (unpaired) electrons. The lowest BCUT2D eigenvalue weighted by Gasteiger charge is -2.17. The van der Waals surface area contributed by atoms with Crippen LogP contribution in [0.25, 0.3) is 11.4 Å². The van der Waals surface area contributed by atoms with E-state index in [2.05, 4.69) is 27.0 Å². The molecule has 27 heavy (non-hydrogen) atoms. The largest absolute Gasteiger partial charge is 0.353 e. The van der Waals surface area contributed by atoms with Crippen LogP contribution in [0, 0.1) is 0 Å². The van der Waals surface area contributed by atoms with Gasteiger partial charge in [0.1, 0.15) is 0 Å². The Morgan fingerprint density at radius 3 is 2.78 bits per heavy atom. The molecular weight excluding hydrogens is 380 g/mol. The maximum absolute atomic E-state index is 12.3. The van der Waals surface area contributed by atoms with Crippen molar-refractivity contribution in [3.8, 4) is 11.4 Å². The maximum atomic E-state index is 12.3. The average molecular weight is 407 g/mol. The summed E-state index contributed by atoms with van der Waals surface area (Å²) in [6.45, 7) is 4.17. The molecule has 1 aliphatic rings. The van der Waals surface area contributed by atoms with Gasteiger partial charge in [-0.25, -0.2) is 0 Å². The van der Waals surface area contributed by atoms with Crippen LogP contribution in [0.1, 0.15) is 58.4 Å². The summed E-state index contributed by atoms with van der Waals surface area (Å²) in [4.78, 5) is 12.3. The minimum absolute atomic E-state index is 0.0428. The van der Waals surface area contributed by atoms with Gasteiger partial charge in [0.25, 0.3) is 0 Å². The molecule has 0 aliphatic heterocycles. The monoisotopic (exact) mass is 406 g/mol. The standard InChI is InChI=1S/C20H27ClN4OS/c1-3-8-14(2)22-18(26)13-27-20-24-23-19(16-11-6-7-12-17(16)21)25(20)15-9-4-5-10-15/h6-7,11-12,14-15H,3-5,8-10,13H2,1-2H3,(H,22,26)/t14-/m1/s1. The number of aromatic nitrogens is 3. The minimum Gasteiger partial charge on any atom is -0.353 e. The fraction of sp³-hybridized carbons (Fsp3) is 0.550. The van der Waals surface area contributed by atoms with Gasteiger partial charge in [-0.2, -0.15) is 0 Å². The quantitative estimate of drug-likeness (QED) is 0.618. The Hall–Kier alpha value is -1.53. The van der Waals surface area contributed by atoms with Crippen LogP contribution >= 0.6 is 23.4 Å². The van der Waals surface area contributed by atoms with E-state index in [1.54, 1.807) is 0 Å². The highest BCUT2D eigenvalue weighted by Crippen LogP contribution is 2.38. The van der Waals surface area contributed by atoms with Crippen molar-refractivity contribution in [2.45, 2.75) is 69.6 Å². The Labute approximate surface area is 170 Å². The van der Waals surface area contributed by atoms with E-state index < -0.39 is 0 Å². The molecule has 1 saturated carbocycles. The topological polar surface area (TPSA) is 59.8 Å². The van der Waals surface area contributed by atoms with E-state index in [0.717, 1.165) is 42.2 Å². The zero-order valence-electron chi connectivity index (χ0n) is 15.9. The predicted octanol–water partition coefficient (Wildman–Crippen LogP) is 5.11. The minimum atomic E-state index is 0.0428. The summed E-state index contributed by atoms with van der Waals surface area (Å²) >= 11 is 7.87. The van der Waals surface area contributed by atoms with E-state index in [9.17, 15) is 4.79 Å². The van der Waals surface area contributed by atoms with E-state index >= 15 is 0 Å². The van der Waals surface area contributed by atoms with Gasteiger partial charge < -0.3 is 5.32 Å². The number of rotatable bonds is 8. The Kier molecular flexibility index (Phi) is 7.19. The van der Waals surface area contributed by atoms with Gasteiger partial charge in [-0.3, -0.25) is 9.36 Å². The summed E-state index contributed by atoms with van der Waals surface area (Å²) in [6.07, 6.45) is 6.70. The van der Waals surface area contributed by atoms with Crippen molar-refractivity contribution in [2.75, 3.05) is 5.75 Å². The van der Waals surface area contributed by atoms with Crippen molar-refractivity contribution in [3.05, 3.63) is 29.3 Å². The van der Waals surface area contributed by atoms with Crippen molar-refractivity contribution in [3.63, 3.8) is 0 Å². The van der Waals surface area contributed by atoms with Crippen LogP contribution in [0.2, 0.25) is 5.02 Å². The number of hydrogen-bond acceptors (Lipinski definition) is 4. The highest BCUT2D eigenvalue weighted by Gasteiger charge is 2.26. The highest BCUT2D eigenvalue weighted by molar-refractivity contribution is 7.99. The van der Waals surface area contributed by atoms with Gasteiger partial charge in [-0.1, -0.05) is 61.7 Å². The molecule has 1 N–H and O–H groups in total. The highest BCUT2D eigenvalue weighted by atomic mass is 35.5. The maximum Gasteiger partial charge on any atom is 0.230 e. The second kappa shape index (κ2) is 9.60. The molecule has 1 amide bonds. The summed E-state index contributed by atoms with van der Waals surface area (Å²) in [5.74, 6) is 1.19. The van der Waals surface area contributed by atoms with Crippen molar-refractivity contribution < 1.29 is 4.79 Å². The average Bonchev–Trinajstić information content (AvgIpc) is 3.30. The fourth-order valence-corrected chi connectivity index (χ4v) is 4.68. The van der Waals surface area contributed by atoms with Crippen LogP contribution in [0.5, 0.6) is 0 Å². The number of halogens is 1. The van der Waals surface area contributed by atoms with E-state index in [1.165, 1.54) is 24.6 Å². The van der Waals surface area contributed by atoms with Crippen LogP contribution in [-0.2, 0) is 4.79 Å². The first kappa shape index (κ1) is 20.2. The molecule has 1 aromatic heterocycles. The Balaban J connectivity index is 1.79. The first-order chi connectivity index (χ1) is 13.1. The van der Waals surface area contributed by atoms with Crippen LogP contribution in [-0.4, -0.2) is 32.5 Å². The lowest BCUT2D eigenvalue weighted by atomic mass is 10.2. The third-order valence-electron chi connectivity index (χ3n) is 4.93. The van der Waals surface area contributed by atoms with Gasteiger partial charge in [0.15, 0.2) is 11.0 Å². The van der Waals surface area contributed by atoms with E-state index in [0.29, 0.717) is 16.8 Å². The molecule has 7 heteroatoms. The summed E-state index contributed by atoms with van der Waals surface area (Å²) in [5, 5.41) is 13.4. The van der Waals surface area contributed by atoms with E-state index in [-0.39, 0.29) is 11.9 Å². The van der Waals surface area contributed by atoms with Gasteiger partial charge in [-0.15, -0.1) is 10.2 Å². The van der Waals surface area contributed by atoms with Gasteiger partial charge >= 0.3 is 0 Å². The molecule has 146 valence electrons. The molecule has 2 aromatic rings. The number of thioether (sulfide) groups is 1. The molecule has 1 atom stereocenters. The number of benzene rings is 1. The number of hydrogen-bond donors (Lipinski definition) is 1. The Morgan fingerprint density at radius 1 is 1.33 bits per heavy atom. The molecule has 1 aliphatic carbocycles. The third-order valence-corrected chi connectivity index (χ3v) is 6.20. The van der Waals surface area contributed by atoms with Crippen LogP contribution < -0.4 is 5.32 Å². The van der Waals surface area contributed by atoms with E-state index in [1.807, 2.05) is 31.2 Å². The van der Waals surface area contributed by atoms with Crippen molar-refractivity contribution in [2.24, 2.45) is 0 Å². The summed E-state index contributed by atoms with van der Waals surface area (Å²) in [6, 6.07) is 8.31. The van der Waals surface area contributed by atoms with Crippen LogP contribution in [0.15, 0.2) is 29.4 Å². The van der Waals surface area contributed by atoms with E-state index in [4.69, 9.17) is 11.6 Å². The summed E-state index contributed by atoms with van der Waals surface area (Å²) < 4.78 is 2.20. The lowest BCUT2D eigenvalue weighted by Crippen LogP contribution is -2.33. The zero-order valence-corrected chi connectivity index (χ0v) is 17.5. The SMILES string of the molecule is CCC[C@@H](C)NC(=O)CSc1nnc(-c2ccccc2Cl)n1C1CCCC1. The predicted molar refractivity (Wildman–Crippen MR) is 111 cm³/mol. The smallest absolute Gasteiger partial charge is 0.230 e. The van der Waals surface area contributed by atoms with Gasteiger partial charge in [-0.05, 0) is 38.3 Å². The Bertz CT molecular complexity index is 773. The molecule has 0 unspecified atom stereocenters. The molecule has 1 fully saturated rings. The first-order valence-electron chi connectivity index (χ1n) is 9.72. The summed E-state index contributed by atoms with van der Waals surface area (Å²) in [7, 11) is 0. The number of nitrogens with one attached hydrogen (secondary N) is 1. The molecule has 5 nitrogen and oxygen atoms in total. The second-order valence-corrected chi connectivity index (χ2v) is 8.49. The number of amides is 1. The number of carbonyl (C=O) groups excluding carboxylic acids is 1. The first-order valence-corrected chi connectivity index (χ1v) is 11.1. The molecule has 1 aromatic carbocycles.